The first-order valence-corrected chi connectivity index (χ1v) is 6.20. The van der Waals surface area contributed by atoms with E-state index in [1.54, 1.807) is 11.2 Å². The van der Waals surface area contributed by atoms with Crippen molar-refractivity contribution in [1.29, 1.82) is 0 Å². The number of carboxylic acids is 1. The lowest BCUT2D eigenvalue weighted by atomic mass is 9.90. The van der Waals surface area contributed by atoms with Crippen LogP contribution >= 0.6 is 0 Å². The van der Waals surface area contributed by atoms with Gasteiger partial charge < -0.3 is 10.0 Å². The average Bonchev–Trinajstić information content (AvgIpc) is 2.35. The van der Waals surface area contributed by atoms with Gasteiger partial charge in [0, 0.05) is 0 Å². The van der Waals surface area contributed by atoms with Gasteiger partial charge in [0.1, 0.15) is 19.0 Å². The molecule has 0 bridgehead atoms. The van der Waals surface area contributed by atoms with E-state index >= 15 is 0 Å². The van der Waals surface area contributed by atoms with Crippen LogP contribution < -0.4 is 0 Å². The molecular weight excluding hydrogens is 218 g/mol. The third-order valence-corrected chi connectivity index (χ3v) is 3.12. The highest BCUT2D eigenvalue weighted by Crippen LogP contribution is 2.21. The van der Waals surface area contributed by atoms with Gasteiger partial charge >= 0.3 is 5.97 Å². The van der Waals surface area contributed by atoms with E-state index < -0.39 is 12.0 Å². The molecule has 0 spiro atoms. The van der Waals surface area contributed by atoms with E-state index in [0.717, 1.165) is 25.7 Å². The molecule has 96 valence electrons. The summed E-state index contributed by atoms with van der Waals surface area (Å²) >= 11 is 0. The first kappa shape index (κ1) is 13.7. The van der Waals surface area contributed by atoms with Crippen LogP contribution in [0.2, 0.25) is 0 Å². The number of aliphatic imine (C=N–C) groups is 2. The van der Waals surface area contributed by atoms with Crippen molar-refractivity contribution in [3.05, 3.63) is 0 Å². The number of hydrogen-bond donors (Lipinski definition) is 1. The monoisotopic (exact) mass is 239 g/mol. The first-order chi connectivity index (χ1) is 8.20. The molecule has 2 atom stereocenters. The molecule has 0 aliphatic carbocycles. The van der Waals surface area contributed by atoms with Gasteiger partial charge in [0.2, 0.25) is 0 Å². The van der Waals surface area contributed by atoms with Crippen molar-refractivity contribution in [2.75, 3.05) is 6.67 Å². The van der Waals surface area contributed by atoms with E-state index in [1.807, 2.05) is 6.92 Å². The van der Waals surface area contributed by atoms with Crippen molar-refractivity contribution in [1.82, 2.24) is 4.90 Å². The highest BCUT2D eigenvalue weighted by atomic mass is 16.4. The predicted octanol–water partition coefficient (Wildman–Crippen LogP) is 1.99. The molecule has 0 aromatic heterocycles. The lowest BCUT2D eigenvalue weighted by Gasteiger charge is -2.32. The van der Waals surface area contributed by atoms with E-state index in [9.17, 15) is 9.90 Å². The van der Waals surface area contributed by atoms with Gasteiger partial charge in [-0.15, -0.1) is 0 Å². The summed E-state index contributed by atoms with van der Waals surface area (Å²) in [6, 6.07) is -0.507. The second-order valence-electron chi connectivity index (χ2n) is 4.31. The van der Waals surface area contributed by atoms with Crippen molar-refractivity contribution in [2.45, 2.75) is 45.6 Å². The number of aliphatic carboxylic acids is 1. The van der Waals surface area contributed by atoms with E-state index in [1.165, 1.54) is 6.34 Å². The third kappa shape index (κ3) is 3.84. The van der Waals surface area contributed by atoms with E-state index in [0.29, 0.717) is 6.67 Å². The van der Waals surface area contributed by atoms with Crippen molar-refractivity contribution in [3.8, 4) is 0 Å². The average molecular weight is 239 g/mol. The molecule has 0 aromatic rings. The Morgan fingerprint density at radius 3 is 2.76 bits per heavy atom. The van der Waals surface area contributed by atoms with Gasteiger partial charge in [-0.3, -0.25) is 4.99 Å². The SMILES string of the molecule is CCCCC(CC)C(C(=O)O)N1C=NC=NC1. The van der Waals surface area contributed by atoms with Gasteiger partial charge in [-0.1, -0.05) is 33.1 Å². The zero-order chi connectivity index (χ0) is 12.7. The quantitative estimate of drug-likeness (QED) is 0.738. The van der Waals surface area contributed by atoms with Crippen molar-refractivity contribution in [2.24, 2.45) is 15.9 Å². The van der Waals surface area contributed by atoms with Gasteiger partial charge in [-0.2, -0.15) is 0 Å². The normalized spacial score (nSPS) is 18.1. The molecule has 0 amide bonds. The maximum atomic E-state index is 11.4. The summed E-state index contributed by atoms with van der Waals surface area (Å²) in [6.45, 7) is 4.55. The van der Waals surface area contributed by atoms with E-state index in [-0.39, 0.29) is 5.92 Å². The molecule has 0 fully saturated rings. The van der Waals surface area contributed by atoms with Crippen LogP contribution in [0.25, 0.3) is 0 Å². The van der Waals surface area contributed by atoms with Crippen LogP contribution in [-0.4, -0.2) is 41.4 Å². The summed E-state index contributed by atoms with van der Waals surface area (Å²) in [5, 5.41) is 9.37. The largest absolute Gasteiger partial charge is 0.480 e. The minimum atomic E-state index is -0.781. The second-order valence-corrected chi connectivity index (χ2v) is 4.31. The number of carbonyl (C=O) groups is 1. The van der Waals surface area contributed by atoms with Gasteiger partial charge in [0.05, 0.1) is 6.34 Å². The molecule has 1 aliphatic rings. The first-order valence-electron chi connectivity index (χ1n) is 6.20. The third-order valence-electron chi connectivity index (χ3n) is 3.12. The fourth-order valence-electron chi connectivity index (χ4n) is 2.16. The summed E-state index contributed by atoms with van der Waals surface area (Å²) in [5.41, 5.74) is 0. The Hall–Kier alpha value is -1.39. The van der Waals surface area contributed by atoms with Crippen LogP contribution in [0.4, 0.5) is 0 Å². The molecule has 1 heterocycles. The van der Waals surface area contributed by atoms with Gasteiger partial charge in [-0.25, -0.2) is 9.79 Å². The lowest BCUT2D eigenvalue weighted by molar-refractivity contribution is -0.143. The van der Waals surface area contributed by atoms with Gasteiger partial charge in [0.25, 0.3) is 0 Å². The fraction of sp³-hybridized carbons (Fsp3) is 0.750. The fourth-order valence-corrected chi connectivity index (χ4v) is 2.16. The summed E-state index contributed by atoms with van der Waals surface area (Å²) in [4.78, 5) is 21.0. The highest BCUT2D eigenvalue weighted by molar-refractivity contribution is 5.80. The molecule has 0 saturated carbocycles. The summed E-state index contributed by atoms with van der Waals surface area (Å²) in [6.07, 6.45) is 7.01. The summed E-state index contributed by atoms with van der Waals surface area (Å²) < 4.78 is 0. The standard InChI is InChI=1S/C12H21N3O2/c1-3-5-6-10(4-2)11(12(16)17)15-8-13-7-14-9-15/h7-8,10-11H,3-6,9H2,1-2H3,(H,16,17). The molecule has 1 N–H and O–H groups in total. The molecule has 0 radical (unpaired) electrons. The van der Waals surface area contributed by atoms with Crippen LogP contribution in [0.15, 0.2) is 9.98 Å². The maximum Gasteiger partial charge on any atom is 0.326 e. The number of carboxylic acid groups (broad SMARTS) is 1. The Bertz CT molecular complexity index is 302. The Kier molecular flexibility index (Phi) is 5.66. The zero-order valence-electron chi connectivity index (χ0n) is 10.5. The molecule has 1 rings (SSSR count). The minimum absolute atomic E-state index is 0.159. The van der Waals surface area contributed by atoms with Crippen molar-refractivity contribution >= 4 is 18.6 Å². The summed E-state index contributed by atoms with van der Waals surface area (Å²) in [7, 11) is 0. The Balaban J connectivity index is 2.71. The topological polar surface area (TPSA) is 65.3 Å². The van der Waals surface area contributed by atoms with Crippen LogP contribution in [0.5, 0.6) is 0 Å². The lowest BCUT2D eigenvalue weighted by Crippen LogP contribution is -2.46. The van der Waals surface area contributed by atoms with Crippen LogP contribution in [0, 0.1) is 5.92 Å². The number of unbranched alkanes of at least 4 members (excludes halogenated alkanes) is 1. The van der Waals surface area contributed by atoms with Crippen LogP contribution in [-0.2, 0) is 4.79 Å². The Morgan fingerprint density at radius 2 is 2.29 bits per heavy atom. The van der Waals surface area contributed by atoms with Gasteiger partial charge in [0.15, 0.2) is 0 Å². The highest BCUT2D eigenvalue weighted by Gasteiger charge is 2.31. The van der Waals surface area contributed by atoms with Crippen LogP contribution in [0.1, 0.15) is 39.5 Å². The zero-order valence-corrected chi connectivity index (χ0v) is 10.5. The molecule has 0 saturated heterocycles. The molecular formula is C12H21N3O2. The number of rotatable bonds is 7. The second kappa shape index (κ2) is 7.04. The van der Waals surface area contributed by atoms with E-state index in [2.05, 4.69) is 16.9 Å². The van der Waals surface area contributed by atoms with Crippen LogP contribution in [0.3, 0.4) is 0 Å². The summed E-state index contributed by atoms with van der Waals surface area (Å²) in [5.74, 6) is -0.622. The molecule has 5 heteroatoms. The number of nitrogens with zero attached hydrogens (tertiary/aromatic N) is 3. The molecule has 1 aliphatic heterocycles. The predicted molar refractivity (Wildman–Crippen MR) is 68.4 cm³/mol. The van der Waals surface area contributed by atoms with E-state index in [4.69, 9.17) is 0 Å². The number of hydrogen-bond acceptors (Lipinski definition) is 4. The molecule has 17 heavy (non-hydrogen) atoms. The van der Waals surface area contributed by atoms with Gasteiger partial charge in [-0.05, 0) is 12.3 Å². The maximum absolute atomic E-state index is 11.4. The Morgan fingerprint density at radius 1 is 1.53 bits per heavy atom. The van der Waals surface area contributed by atoms with Crippen molar-refractivity contribution < 1.29 is 9.90 Å². The minimum Gasteiger partial charge on any atom is -0.480 e. The molecule has 0 aromatic carbocycles. The smallest absolute Gasteiger partial charge is 0.326 e. The molecule has 5 nitrogen and oxygen atoms in total. The Labute approximate surface area is 102 Å². The van der Waals surface area contributed by atoms with Crippen molar-refractivity contribution in [3.63, 3.8) is 0 Å². The molecule has 2 unspecified atom stereocenters.